The molecule has 1 fully saturated rings. The van der Waals surface area contributed by atoms with Gasteiger partial charge in [-0.2, -0.15) is 4.31 Å². The third kappa shape index (κ3) is 6.58. The van der Waals surface area contributed by atoms with E-state index in [0.29, 0.717) is 32.5 Å². The van der Waals surface area contributed by atoms with Crippen molar-refractivity contribution in [3.05, 3.63) is 28.2 Å². The third-order valence-corrected chi connectivity index (χ3v) is 8.26. The minimum absolute atomic E-state index is 0.0442. The molecule has 1 heterocycles. The SMILES string of the molecule is CCCC[C@H]1[C@@H](C[C@@H](C)O)CN(CCOC)C(=O)C(C)N1S(=O)(=O)c1cc(Cl)cc(Cl)c1. The maximum atomic E-state index is 13.9. The number of aliphatic hydroxyl groups excluding tert-OH is 1. The largest absolute Gasteiger partial charge is 0.393 e. The minimum atomic E-state index is -4.10. The van der Waals surface area contributed by atoms with E-state index in [1.807, 2.05) is 6.92 Å². The van der Waals surface area contributed by atoms with Crippen LogP contribution in [0.2, 0.25) is 10.0 Å². The Hall–Kier alpha value is -0.900. The van der Waals surface area contributed by atoms with Crippen LogP contribution in [0.15, 0.2) is 23.1 Å². The monoisotopic (exact) mass is 508 g/mol. The number of sulfonamides is 1. The number of halogens is 2. The van der Waals surface area contributed by atoms with Crippen LogP contribution < -0.4 is 0 Å². The molecule has 0 bridgehead atoms. The van der Waals surface area contributed by atoms with E-state index in [1.54, 1.807) is 25.9 Å². The van der Waals surface area contributed by atoms with Crippen LogP contribution in [0.5, 0.6) is 0 Å². The second-order valence-electron chi connectivity index (χ2n) is 8.45. The molecule has 1 aliphatic heterocycles. The fourth-order valence-corrected chi connectivity index (χ4v) is 6.99. The molecule has 4 atom stereocenters. The van der Waals surface area contributed by atoms with Gasteiger partial charge in [0, 0.05) is 36.3 Å². The molecule has 182 valence electrons. The number of carbonyl (C=O) groups excluding carboxylic acids is 1. The van der Waals surface area contributed by atoms with Crippen LogP contribution in [0.3, 0.4) is 0 Å². The summed E-state index contributed by atoms with van der Waals surface area (Å²) in [6.45, 7) is 6.39. The molecule has 1 unspecified atom stereocenters. The number of ether oxygens (including phenoxy) is 1. The highest BCUT2D eigenvalue weighted by Crippen LogP contribution is 2.35. The molecule has 7 nitrogen and oxygen atoms in total. The minimum Gasteiger partial charge on any atom is -0.393 e. The van der Waals surface area contributed by atoms with E-state index in [0.717, 1.165) is 12.8 Å². The molecule has 10 heteroatoms. The second kappa shape index (κ2) is 12.0. The van der Waals surface area contributed by atoms with E-state index in [2.05, 4.69) is 0 Å². The predicted octanol–water partition coefficient (Wildman–Crippen LogP) is 3.81. The molecule has 0 aliphatic carbocycles. The van der Waals surface area contributed by atoms with Crippen molar-refractivity contribution in [3.8, 4) is 0 Å². The van der Waals surface area contributed by atoms with Crippen molar-refractivity contribution in [2.45, 2.75) is 69.5 Å². The Labute approximate surface area is 201 Å². The number of unbranched alkanes of at least 4 members (excludes halogenated alkanes) is 1. The van der Waals surface area contributed by atoms with E-state index < -0.39 is 28.2 Å². The fourth-order valence-electron chi connectivity index (χ4n) is 4.40. The van der Waals surface area contributed by atoms with Gasteiger partial charge in [-0.1, -0.05) is 43.0 Å². The van der Waals surface area contributed by atoms with Gasteiger partial charge in [0.05, 0.1) is 17.6 Å². The van der Waals surface area contributed by atoms with Crippen molar-refractivity contribution in [1.82, 2.24) is 9.21 Å². The maximum absolute atomic E-state index is 13.9. The molecule has 1 saturated heterocycles. The quantitative estimate of drug-likeness (QED) is 0.519. The van der Waals surface area contributed by atoms with Crippen molar-refractivity contribution >= 4 is 39.1 Å². The summed E-state index contributed by atoms with van der Waals surface area (Å²) in [5, 5.41) is 10.6. The zero-order chi connectivity index (χ0) is 24.1. The molecule has 0 aromatic heterocycles. The van der Waals surface area contributed by atoms with Crippen LogP contribution in [0.1, 0.15) is 46.5 Å². The first kappa shape index (κ1) is 27.3. The molecule has 2 rings (SSSR count). The first-order chi connectivity index (χ1) is 15.0. The summed E-state index contributed by atoms with van der Waals surface area (Å²) >= 11 is 12.2. The zero-order valence-corrected chi connectivity index (χ0v) is 21.5. The highest BCUT2D eigenvalue weighted by molar-refractivity contribution is 7.89. The number of benzene rings is 1. The number of amides is 1. The van der Waals surface area contributed by atoms with Gasteiger partial charge >= 0.3 is 0 Å². The van der Waals surface area contributed by atoms with Gasteiger partial charge in [-0.15, -0.1) is 0 Å². The fraction of sp³-hybridized carbons (Fsp3) is 0.682. The Morgan fingerprint density at radius 3 is 2.41 bits per heavy atom. The summed E-state index contributed by atoms with van der Waals surface area (Å²) < 4.78 is 34.2. The Balaban J connectivity index is 2.63. The summed E-state index contributed by atoms with van der Waals surface area (Å²) in [6.07, 6.45) is 1.99. The molecule has 0 radical (unpaired) electrons. The molecule has 1 N–H and O–H groups in total. The van der Waals surface area contributed by atoms with Crippen LogP contribution >= 0.6 is 23.2 Å². The van der Waals surface area contributed by atoms with E-state index in [1.165, 1.54) is 22.5 Å². The van der Waals surface area contributed by atoms with Gasteiger partial charge in [-0.25, -0.2) is 8.42 Å². The Morgan fingerprint density at radius 2 is 1.88 bits per heavy atom. The van der Waals surface area contributed by atoms with Crippen LogP contribution in [-0.4, -0.2) is 73.6 Å². The Bertz CT molecular complexity index is 861. The lowest BCUT2D eigenvalue weighted by Gasteiger charge is -2.36. The summed E-state index contributed by atoms with van der Waals surface area (Å²) in [4.78, 5) is 15.0. The summed E-state index contributed by atoms with van der Waals surface area (Å²) in [5.74, 6) is -0.523. The van der Waals surface area contributed by atoms with Gasteiger partial charge in [0.1, 0.15) is 6.04 Å². The van der Waals surface area contributed by atoms with Crippen molar-refractivity contribution in [3.63, 3.8) is 0 Å². The highest BCUT2D eigenvalue weighted by Gasteiger charge is 2.46. The molecular formula is C22H34Cl2N2O5S. The molecule has 1 aromatic rings. The van der Waals surface area contributed by atoms with Gasteiger partial charge in [-0.05, 0) is 50.8 Å². The van der Waals surface area contributed by atoms with Crippen molar-refractivity contribution in [1.29, 1.82) is 0 Å². The highest BCUT2D eigenvalue weighted by atomic mass is 35.5. The third-order valence-electron chi connectivity index (χ3n) is 5.85. The average molecular weight is 509 g/mol. The number of methoxy groups -OCH3 is 1. The Kier molecular flexibility index (Phi) is 10.2. The summed E-state index contributed by atoms with van der Waals surface area (Å²) in [5.41, 5.74) is 0. The number of nitrogens with zero attached hydrogens (tertiary/aromatic N) is 2. The van der Waals surface area contributed by atoms with Crippen LogP contribution in [0.4, 0.5) is 0 Å². The smallest absolute Gasteiger partial charge is 0.244 e. The maximum Gasteiger partial charge on any atom is 0.244 e. The average Bonchev–Trinajstić information content (AvgIpc) is 2.79. The van der Waals surface area contributed by atoms with E-state index in [-0.39, 0.29) is 26.8 Å². The van der Waals surface area contributed by atoms with E-state index >= 15 is 0 Å². The number of rotatable bonds is 10. The topological polar surface area (TPSA) is 87.2 Å². The molecule has 0 saturated carbocycles. The number of carbonyl (C=O) groups is 1. The molecule has 0 spiro atoms. The van der Waals surface area contributed by atoms with Gasteiger partial charge in [0.15, 0.2) is 0 Å². The molecule has 1 aromatic carbocycles. The summed E-state index contributed by atoms with van der Waals surface area (Å²) in [6, 6.07) is 2.80. The van der Waals surface area contributed by atoms with Crippen LogP contribution in [-0.2, 0) is 19.6 Å². The lowest BCUT2D eigenvalue weighted by molar-refractivity contribution is -0.134. The number of aliphatic hydroxyl groups is 1. The van der Waals surface area contributed by atoms with Crippen molar-refractivity contribution < 1.29 is 23.1 Å². The molecular weight excluding hydrogens is 475 g/mol. The van der Waals surface area contributed by atoms with Crippen LogP contribution in [0.25, 0.3) is 0 Å². The van der Waals surface area contributed by atoms with Crippen molar-refractivity contribution in [2.24, 2.45) is 5.92 Å². The number of hydrogen-bond acceptors (Lipinski definition) is 5. The predicted molar refractivity (Wildman–Crippen MR) is 127 cm³/mol. The number of hydrogen-bond donors (Lipinski definition) is 1. The molecule has 1 amide bonds. The lowest BCUT2D eigenvalue weighted by atomic mass is 9.90. The Morgan fingerprint density at radius 1 is 1.25 bits per heavy atom. The van der Waals surface area contributed by atoms with E-state index in [4.69, 9.17) is 27.9 Å². The van der Waals surface area contributed by atoms with Crippen LogP contribution in [0, 0.1) is 5.92 Å². The molecule has 1 aliphatic rings. The molecule has 32 heavy (non-hydrogen) atoms. The standard InChI is InChI=1S/C22H34Cl2N2O5S/c1-5-6-7-21-17(10-15(2)27)14-25(8-9-31-4)22(28)16(3)26(21)32(29,30)20-12-18(23)11-19(24)13-20/h11-13,15-17,21,27H,5-10,14H2,1-4H3/t15-,16?,17+,21+/m1/s1. The van der Waals surface area contributed by atoms with Gasteiger partial charge < -0.3 is 14.7 Å². The second-order valence-corrected chi connectivity index (χ2v) is 11.2. The van der Waals surface area contributed by atoms with Gasteiger partial charge in [0.2, 0.25) is 15.9 Å². The zero-order valence-electron chi connectivity index (χ0n) is 19.1. The van der Waals surface area contributed by atoms with Crippen molar-refractivity contribution in [2.75, 3.05) is 26.8 Å². The lowest BCUT2D eigenvalue weighted by Crippen LogP contribution is -2.51. The van der Waals surface area contributed by atoms with E-state index in [9.17, 15) is 18.3 Å². The van der Waals surface area contributed by atoms with Gasteiger partial charge in [0.25, 0.3) is 0 Å². The van der Waals surface area contributed by atoms with Gasteiger partial charge in [-0.3, -0.25) is 4.79 Å². The normalized spacial score (nSPS) is 23.9. The first-order valence-electron chi connectivity index (χ1n) is 11.0. The first-order valence-corrected chi connectivity index (χ1v) is 13.2. The summed E-state index contributed by atoms with van der Waals surface area (Å²) in [7, 11) is -2.54.